The zero-order valence-corrected chi connectivity index (χ0v) is 10.3. The predicted molar refractivity (Wildman–Crippen MR) is 54.7 cm³/mol. The van der Waals surface area contributed by atoms with Crippen LogP contribution in [0.1, 0.15) is 6.92 Å². The van der Waals surface area contributed by atoms with Crippen LogP contribution in [0.4, 0.5) is 0 Å². The van der Waals surface area contributed by atoms with Crippen molar-refractivity contribution in [3.05, 3.63) is 0 Å². The van der Waals surface area contributed by atoms with Gasteiger partial charge in [-0.3, -0.25) is 4.79 Å². The topological polar surface area (TPSA) is 44.8 Å². The maximum absolute atomic E-state index is 10.7. The van der Waals surface area contributed by atoms with Crippen LogP contribution in [-0.4, -0.2) is 41.0 Å². The maximum Gasteiger partial charge on any atom is 0.500 e. The van der Waals surface area contributed by atoms with E-state index in [0.717, 1.165) is 0 Å². The average Bonchev–Trinajstić information content (AvgIpc) is 2.13. The van der Waals surface area contributed by atoms with Gasteiger partial charge in [-0.2, -0.15) is 0 Å². The normalized spacial score (nSPS) is 11.7. The van der Waals surface area contributed by atoms with E-state index < -0.39 is 8.80 Å². The zero-order valence-electron chi connectivity index (χ0n) is 8.46. The van der Waals surface area contributed by atoms with E-state index in [2.05, 4.69) is 0 Å². The number of thioether (sulfide) groups is 1. The van der Waals surface area contributed by atoms with Crippen LogP contribution < -0.4 is 0 Å². The molecule has 0 saturated carbocycles. The predicted octanol–water partition coefficient (Wildman–Crippen LogP) is 1.14. The van der Waals surface area contributed by atoms with Crippen molar-refractivity contribution in [3.63, 3.8) is 0 Å². The monoisotopic (exact) mass is 224 g/mol. The van der Waals surface area contributed by atoms with E-state index in [1.807, 2.05) is 0 Å². The van der Waals surface area contributed by atoms with E-state index in [0.29, 0.717) is 11.8 Å². The summed E-state index contributed by atoms with van der Waals surface area (Å²) in [5.41, 5.74) is 0. The van der Waals surface area contributed by atoms with E-state index in [9.17, 15) is 4.79 Å². The van der Waals surface area contributed by atoms with E-state index in [4.69, 9.17) is 13.3 Å². The first kappa shape index (κ1) is 13.1. The van der Waals surface area contributed by atoms with Gasteiger partial charge < -0.3 is 13.3 Å². The zero-order chi connectivity index (χ0) is 10.3. The molecule has 0 bridgehead atoms. The van der Waals surface area contributed by atoms with Gasteiger partial charge in [-0.25, -0.2) is 0 Å². The van der Waals surface area contributed by atoms with Gasteiger partial charge in [0.25, 0.3) is 0 Å². The Morgan fingerprint density at radius 1 is 1.23 bits per heavy atom. The van der Waals surface area contributed by atoms with Gasteiger partial charge in [0.05, 0.1) is 0 Å². The molecule has 0 spiro atoms. The fraction of sp³-hybridized carbons (Fsp3) is 0.857. The van der Waals surface area contributed by atoms with Gasteiger partial charge in [0.15, 0.2) is 5.12 Å². The molecule has 0 rings (SSSR count). The molecule has 0 unspecified atom stereocenters. The average molecular weight is 224 g/mol. The molecule has 0 amide bonds. The highest BCUT2D eigenvalue weighted by atomic mass is 32.2. The lowest BCUT2D eigenvalue weighted by Crippen LogP contribution is -2.43. The third-order valence-electron chi connectivity index (χ3n) is 1.65. The summed E-state index contributed by atoms with van der Waals surface area (Å²) < 4.78 is 15.6. The van der Waals surface area contributed by atoms with E-state index in [1.165, 1.54) is 11.8 Å². The molecule has 0 fully saturated rings. The molecule has 0 aromatic rings. The summed E-state index contributed by atoms with van der Waals surface area (Å²) in [5, 5.41) is 0.103. The van der Waals surface area contributed by atoms with Crippen LogP contribution in [0.25, 0.3) is 0 Å². The van der Waals surface area contributed by atoms with Gasteiger partial charge in [0, 0.05) is 40.1 Å². The summed E-state index contributed by atoms with van der Waals surface area (Å²) in [7, 11) is 2.24. The molecule has 0 heterocycles. The molecular weight excluding hydrogens is 208 g/mol. The Kier molecular flexibility index (Phi) is 6.61. The Morgan fingerprint density at radius 3 is 2.00 bits per heavy atom. The molecule has 0 aromatic carbocycles. The highest BCUT2D eigenvalue weighted by Gasteiger charge is 2.37. The summed E-state index contributed by atoms with van der Waals surface area (Å²) >= 11 is 1.26. The third-order valence-corrected chi connectivity index (χ3v) is 5.55. The molecule has 4 nitrogen and oxygen atoms in total. The van der Waals surface area contributed by atoms with Crippen LogP contribution in [0.5, 0.6) is 0 Å². The van der Waals surface area contributed by atoms with Crippen LogP contribution in [0.2, 0.25) is 6.04 Å². The SMILES string of the molecule is CO[Si](CCSC(C)=O)(OC)OC. The molecule has 0 radical (unpaired) electrons. The van der Waals surface area contributed by atoms with Crippen LogP contribution in [0.15, 0.2) is 0 Å². The Bertz CT molecular complexity index is 152. The lowest BCUT2D eigenvalue weighted by molar-refractivity contribution is -0.109. The minimum atomic E-state index is -2.46. The lowest BCUT2D eigenvalue weighted by Gasteiger charge is -2.23. The summed E-state index contributed by atoms with van der Waals surface area (Å²) in [6, 6.07) is 0.654. The molecule has 0 aliphatic carbocycles. The van der Waals surface area contributed by atoms with Gasteiger partial charge in [-0.15, -0.1) is 0 Å². The maximum atomic E-state index is 10.7. The number of rotatable bonds is 6. The second kappa shape index (κ2) is 6.55. The van der Waals surface area contributed by atoms with Crippen molar-refractivity contribution in [2.24, 2.45) is 0 Å². The number of carbonyl (C=O) groups excluding carboxylic acids is 1. The van der Waals surface area contributed by atoms with Crippen molar-refractivity contribution in [1.29, 1.82) is 0 Å². The molecule has 0 saturated heterocycles. The van der Waals surface area contributed by atoms with E-state index >= 15 is 0 Å². The molecule has 6 heteroatoms. The molecule has 0 aliphatic rings. The fourth-order valence-corrected chi connectivity index (χ4v) is 3.68. The van der Waals surface area contributed by atoms with Gasteiger partial charge in [0.2, 0.25) is 0 Å². The minimum Gasteiger partial charge on any atom is -0.377 e. The quantitative estimate of drug-likeness (QED) is 0.633. The van der Waals surface area contributed by atoms with Crippen molar-refractivity contribution in [3.8, 4) is 0 Å². The van der Waals surface area contributed by atoms with E-state index in [-0.39, 0.29) is 5.12 Å². The second-order valence-corrected chi connectivity index (χ2v) is 6.75. The first-order valence-electron chi connectivity index (χ1n) is 3.89. The van der Waals surface area contributed by atoms with Crippen molar-refractivity contribution >= 4 is 25.7 Å². The first-order chi connectivity index (χ1) is 6.10. The summed E-state index contributed by atoms with van der Waals surface area (Å²) in [5.74, 6) is 0.678. The number of carbonyl (C=O) groups is 1. The van der Waals surface area contributed by atoms with E-state index in [1.54, 1.807) is 28.3 Å². The molecular formula is C7H16O4SSi. The second-order valence-electron chi connectivity index (χ2n) is 2.39. The Labute approximate surface area is 84.3 Å². The largest absolute Gasteiger partial charge is 0.500 e. The van der Waals surface area contributed by atoms with Gasteiger partial charge >= 0.3 is 8.80 Å². The summed E-state index contributed by atoms with van der Waals surface area (Å²) in [6.07, 6.45) is 0. The highest BCUT2D eigenvalue weighted by Crippen LogP contribution is 2.16. The summed E-state index contributed by atoms with van der Waals surface area (Å²) in [4.78, 5) is 10.7. The number of hydrogen-bond acceptors (Lipinski definition) is 5. The molecule has 0 aromatic heterocycles. The Morgan fingerprint density at radius 2 is 1.69 bits per heavy atom. The van der Waals surface area contributed by atoms with Gasteiger partial charge in [-0.05, 0) is 0 Å². The van der Waals surface area contributed by atoms with Crippen LogP contribution in [0.3, 0.4) is 0 Å². The van der Waals surface area contributed by atoms with Crippen molar-refractivity contribution in [2.75, 3.05) is 27.1 Å². The molecule has 13 heavy (non-hydrogen) atoms. The lowest BCUT2D eigenvalue weighted by atomic mass is 10.9. The summed E-state index contributed by atoms with van der Waals surface area (Å²) in [6.45, 7) is 1.54. The fourth-order valence-electron chi connectivity index (χ4n) is 0.876. The van der Waals surface area contributed by atoms with Crippen LogP contribution in [0, 0.1) is 0 Å². The first-order valence-corrected chi connectivity index (χ1v) is 6.81. The van der Waals surface area contributed by atoms with Crippen LogP contribution >= 0.6 is 11.8 Å². The number of hydrogen-bond donors (Lipinski definition) is 0. The van der Waals surface area contributed by atoms with Gasteiger partial charge in [-0.1, -0.05) is 11.8 Å². The van der Waals surface area contributed by atoms with Gasteiger partial charge in [0.1, 0.15) is 0 Å². The molecule has 0 N–H and O–H groups in total. The van der Waals surface area contributed by atoms with Crippen molar-refractivity contribution < 1.29 is 18.1 Å². The third kappa shape index (κ3) is 4.77. The standard InChI is InChI=1S/C7H16O4SSi/c1-7(8)12-5-6-13(9-2,10-3)11-4/h5-6H2,1-4H3. The van der Waals surface area contributed by atoms with Crippen molar-refractivity contribution in [2.45, 2.75) is 13.0 Å². The Hall–Kier alpha value is 0.117. The van der Waals surface area contributed by atoms with Crippen molar-refractivity contribution in [1.82, 2.24) is 0 Å². The highest BCUT2D eigenvalue weighted by molar-refractivity contribution is 8.13. The molecule has 0 atom stereocenters. The smallest absolute Gasteiger partial charge is 0.377 e. The Balaban J connectivity index is 3.88. The molecule has 78 valence electrons. The minimum absolute atomic E-state index is 0.103. The molecule has 0 aliphatic heterocycles. The van der Waals surface area contributed by atoms with Crippen LogP contribution in [-0.2, 0) is 18.1 Å².